The standard InChI is InChI=1S/C16H21N5O/c1-11-5-4-6-21(10-11)16(22)12(2)19-14-9-17-7-13-8-18-20(3)15(13)14/h7-9,11,19H,2,4-6,10H2,1,3H3. The predicted molar refractivity (Wildman–Crippen MR) is 86.2 cm³/mol. The summed E-state index contributed by atoms with van der Waals surface area (Å²) in [7, 11) is 1.87. The zero-order valence-electron chi connectivity index (χ0n) is 13.0. The van der Waals surface area contributed by atoms with Crippen molar-refractivity contribution in [3.8, 4) is 0 Å². The van der Waals surface area contributed by atoms with Crippen LogP contribution in [0.5, 0.6) is 0 Å². The smallest absolute Gasteiger partial charge is 0.269 e. The number of carbonyl (C=O) groups excluding carboxylic acids is 1. The van der Waals surface area contributed by atoms with Crippen molar-refractivity contribution in [3.63, 3.8) is 0 Å². The molecule has 2 aromatic rings. The van der Waals surface area contributed by atoms with Gasteiger partial charge in [0, 0.05) is 31.7 Å². The van der Waals surface area contributed by atoms with E-state index in [0.717, 1.165) is 36.1 Å². The van der Waals surface area contributed by atoms with Crippen LogP contribution in [0.4, 0.5) is 5.69 Å². The summed E-state index contributed by atoms with van der Waals surface area (Å²) >= 11 is 0. The van der Waals surface area contributed by atoms with Gasteiger partial charge in [-0.15, -0.1) is 0 Å². The van der Waals surface area contributed by atoms with Gasteiger partial charge >= 0.3 is 0 Å². The van der Waals surface area contributed by atoms with Gasteiger partial charge in [0.2, 0.25) is 0 Å². The van der Waals surface area contributed by atoms with Gasteiger partial charge in [-0.05, 0) is 18.8 Å². The maximum absolute atomic E-state index is 12.5. The van der Waals surface area contributed by atoms with Gasteiger partial charge in [0.05, 0.1) is 29.3 Å². The molecule has 0 bridgehead atoms. The average Bonchev–Trinajstić information content (AvgIpc) is 2.89. The van der Waals surface area contributed by atoms with E-state index in [2.05, 4.69) is 28.9 Å². The van der Waals surface area contributed by atoms with Gasteiger partial charge in [0.1, 0.15) is 0 Å². The van der Waals surface area contributed by atoms with Crippen LogP contribution in [0.3, 0.4) is 0 Å². The highest BCUT2D eigenvalue weighted by atomic mass is 16.2. The van der Waals surface area contributed by atoms with Crippen LogP contribution in [-0.4, -0.2) is 38.7 Å². The van der Waals surface area contributed by atoms with Gasteiger partial charge in [0.15, 0.2) is 0 Å². The zero-order valence-corrected chi connectivity index (χ0v) is 13.0. The number of pyridine rings is 1. The molecule has 1 saturated heterocycles. The predicted octanol–water partition coefficient (Wildman–Crippen LogP) is 2.15. The Bertz CT molecular complexity index is 720. The molecule has 1 fully saturated rings. The van der Waals surface area contributed by atoms with Crippen molar-refractivity contribution < 1.29 is 4.79 Å². The van der Waals surface area contributed by atoms with Crippen molar-refractivity contribution in [1.82, 2.24) is 19.7 Å². The molecule has 22 heavy (non-hydrogen) atoms. The number of aryl methyl sites for hydroxylation is 1. The number of anilines is 1. The lowest BCUT2D eigenvalue weighted by Gasteiger charge is -2.31. The molecule has 1 amide bonds. The largest absolute Gasteiger partial charge is 0.348 e. The molecule has 3 rings (SSSR count). The molecule has 1 N–H and O–H groups in total. The number of amides is 1. The lowest BCUT2D eigenvalue weighted by molar-refractivity contribution is -0.128. The first-order valence-corrected chi connectivity index (χ1v) is 7.57. The Morgan fingerprint density at radius 2 is 2.23 bits per heavy atom. The topological polar surface area (TPSA) is 63.1 Å². The number of carbonyl (C=O) groups is 1. The van der Waals surface area contributed by atoms with E-state index in [0.29, 0.717) is 11.6 Å². The minimum atomic E-state index is -0.0364. The van der Waals surface area contributed by atoms with Gasteiger partial charge in [-0.1, -0.05) is 13.5 Å². The van der Waals surface area contributed by atoms with Crippen LogP contribution in [0.1, 0.15) is 19.8 Å². The molecule has 0 aromatic carbocycles. The number of hydrogen-bond donors (Lipinski definition) is 1. The first-order valence-electron chi connectivity index (χ1n) is 7.57. The van der Waals surface area contributed by atoms with Gasteiger partial charge in [-0.3, -0.25) is 14.5 Å². The van der Waals surface area contributed by atoms with Crippen LogP contribution in [0.2, 0.25) is 0 Å². The maximum atomic E-state index is 12.5. The molecule has 3 heterocycles. The maximum Gasteiger partial charge on any atom is 0.269 e. The Kier molecular flexibility index (Phi) is 3.83. The van der Waals surface area contributed by atoms with E-state index in [9.17, 15) is 4.79 Å². The second-order valence-corrected chi connectivity index (χ2v) is 6.00. The monoisotopic (exact) mass is 299 g/mol. The number of fused-ring (bicyclic) bond motifs is 1. The number of piperidine rings is 1. The Morgan fingerprint density at radius 1 is 1.41 bits per heavy atom. The second kappa shape index (κ2) is 5.79. The van der Waals surface area contributed by atoms with E-state index in [1.165, 1.54) is 6.42 Å². The fraction of sp³-hybridized carbons (Fsp3) is 0.438. The van der Waals surface area contributed by atoms with Crippen LogP contribution in [0, 0.1) is 5.92 Å². The van der Waals surface area contributed by atoms with Crippen LogP contribution in [0.25, 0.3) is 10.9 Å². The first-order chi connectivity index (χ1) is 10.6. The number of nitrogens with one attached hydrogen (secondary N) is 1. The molecule has 6 heteroatoms. The van der Waals surface area contributed by atoms with Gasteiger partial charge < -0.3 is 10.2 Å². The van der Waals surface area contributed by atoms with Crippen LogP contribution < -0.4 is 5.32 Å². The molecule has 1 aliphatic heterocycles. The molecule has 116 valence electrons. The van der Waals surface area contributed by atoms with Gasteiger partial charge in [-0.25, -0.2) is 0 Å². The number of likely N-dealkylation sites (tertiary alicyclic amines) is 1. The summed E-state index contributed by atoms with van der Waals surface area (Å²) in [6.07, 6.45) is 7.44. The summed E-state index contributed by atoms with van der Waals surface area (Å²) in [4.78, 5) is 18.6. The van der Waals surface area contributed by atoms with Crippen LogP contribution in [0.15, 0.2) is 30.9 Å². The zero-order chi connectivity index (χ0) is 15.7. The number of hydrogen-bond acceptors (Lipinski definition) is 4. The Hall–Kier alpha value is -2.37. The van der Waals surface area contributed by atoms with E-state index in [-0.39, 0.29) is 5.91 Å². The van der Waals surface area contributed by atoms with E-state index < -0.39 is 0 Å². The fourth-order valence-electron chi connectivity index (χ4n) is 3.00. The third-order valence-corrected chi connectivity index (χ3v) is 4.13. The average molecular weight is 299 g/mol. The van der Waals surface area contributed by atoms with E-state index in [4.69, 9.17) is 0 Å². The molecule has 1 atom stereocenters. The highest BCUT2D eigenvalue weighted by molar-refractivity contribution is 5.99. The first kappa shape index (κ1) is 14.6. The molecule has 1 unspecified atom stereocenters. The van der Waals surface area contributed by atoms with Crippen molar-refractivity contribution in [2.45, 2.75) is 19.8 Å². The second-order valence-electron chi connectivity index (χ2n) is 6.00. The summed E-state index contributed by atoms with van der Waals surface area (Å²) < 4.78 is 1.76. The molecule has 1 aliphatic rings. The molecule has 0 radical (unpaired) electrons. The number of nitrogens with zero attached hydrogens (tertiary/aromatic N) is 4. The van der Waals surface area contributed by atoms with Crippen LogP contribution in [-0.2, 0) is 11.8 Å². The number of aromatic nitrogens is 3. The van der Waals surface area contributed by atoms with Crippen molar-refractivity contribution >= 4 is 22.5 Å². The Balaban J connectivity index is 1.78. The van der Waals surface area contributed by atoms with Crippen molar-refractivity contribution in [2.24, 2.45) is 13.0 Å². The summed E-state index contributed by atoms with van der Waals surface area (Å²) in [5, 5.41) is 8.26. The van der Waals surface area contributed by atoms with Gasteiger partial charge in [0.25, 0.3) is 5.91 Å². The van der Waals surface area contributed by atoms with Crippen LogP contribution >= 0.6 is 0 Å². The third-order valence-electron chi connectivity index (χ3n) is 4.13. The van der Waals surface area contributed by atoms with Crippen molar-refractivity contribution in [1.29, 1.82) is 0 Å². The molecule has 0 spiro atoms. The molecule has 6 nitrogen and oxygen atoms in total. The lowest BCUT2D eigenvalue weighted by atomic mass is 10.0. The molecule has 0 saturated carbocycles. The van der Waals surface area contributed by atoms with Crippen molar-refractivity contribution in [2.75, 3.05) is 18.4 Å². The molecular weight excluding hydrogens is 278 g/mol. The normalized spacial score (nSPS) is 18.5. The summed E-state index contributed by atoms with van der Waals surface area (Å²) in [6, 6.07) is 0. The Labute approximate surface area is 129 Å². The SMILES string of the molecule is C=C(Nc1cncc2cnn(C)c12)C(=O)N1CCCC(C)C1. The minimum Gasteiger partial charge on any atom is -0.348 e. The summed E-state index contributed by atoms with van der Waals surface area (Å²) in [5.41, 5.74) is 2.04. The van der Waals surface area contributed by atoms with Crippen molar-refractivity contribution in [3.05, 3.63) is 30.9 Å². The quantitative estimate of drug-likeness (QED) is 0.882. The highest BCUT2D eigenvalue weighted by Gasteiger charge is 2.23. The van der Waals surface area contributed by atoms with E-state index >= 15 is 0 Å². The highest BCUT2D eigenvalue weighted by Crippen LogP contribution is 2.23. The summed E-state index contributed by atoms with van der Waals surface area (Å²) in [5.74, 6) is 0.512. The Morgan fingerprint density at radius 3 is 3.00 bits per heavy atom. The minimum absolute atomic E-state index is 0.0364. The van der Waals surface area contributed by atoms with Gasteiger partial charge in [-0.2, -0.15) is 5.10 Å². The van der Waals surface area contributed by atoms with E-state index in [1.54, 1.807) is 23.3 Å². The number of rotatable bonds is 3. The molecular formula is C16H21N5O. The third kappa shape index (κ3) is 2.68. The molecule has 0 aliphatic carbocycles. The molecule has 2 aromatic heterocycles. The fourth-order valence-corrected chi connectivity index (χ4v) is 3.00. The van der Waals surface area contributed by atoms with E-state index in [1.807, 2.05) is 11.9 Å². The summed E-state index contributed by atoms with van der Waals surface area (Å²) in [6.45, 7) is 7.69. The lowest BCUT2D eigenvalue weighted by Crippen LogP contribution is -2.40.